The minimum atomic E-state index is -4.32. The Kier molecular flexibility index (Phi) is 4.14. The average molecular weight is 336 g/mol. The molecule has 1 nitrogen and oxygen atoms in total. The minimum Gasteiger partial charge on any atom is -0.382 e. The monoisotopic (exact) mass is 335 g/mol. The molecule has 1 aromatic rings. The summed E-state index contributed by atoms with van der Waals surface area (Å²) in [5.41, 5.74) is -0.0834. The third-order valence-electron chi connectivity index (χ3n) is 3.76. The maximum atomic E-state index is 12.8. The molecule has 0 unspecified atom stereocenters. The molecule has 1 aliphatic rings. The number of rotatable bonds is 3. The molecule has 1 saturated carbocycles. The van der Waals surface area contributed by atoms with E-state index < -0.39 is 11.7 Å². The van der Waals surface area contributed by atoms with Crippen LogP contribution in [0.5, 0.6) is 0 Å². The second-order valence-electron chi connectivity index (χ2n) is 5.51. The zero-order valence-electron chi connectivity index (χ0n) is 10.9. The number of halogens is 4. The summed E-state index contributed by atoms with van der Waals surface area (Å²) in [6, 6.07) is 4.60. The molecule has 19 heavy (non-hydrogen) atoms. The van der Waals surface area contributed by atoms with E-state index in [1.807, 2.05) is 0 Å². The number of benzene rings is 1. The third-order valence-corrected chi connectivity index (χ3v) is 4.45. The van der Waals surface area contributed by atoms with E-state index in [2.05, 4.69) is 35.1 Å². The van der Waals surface area contributed by atoms with Crippen LogP contribution in [0.25, 0.3) is 0 Å². The molecular weight excluding hydrogens is 319 g/mol. The molecule has 1 aliphatic carbocycles. The van der Waals surface area contributed by atoms with Gasteiger partial charge < -0.3 is 5.32 Å². The van der Waals surface area contributed by atoms with Crippen molar-refractivity contribution in [1.29, 1.82) is 0 Å². The number of anilines is 1. The summed E-state index contributed by atoms with van der Waals surface area (Å²) < 4.78 is 38.4. The lowest BCUT2D eigenvalue weighted by Crippen LogP contribution is -2.37. The minimum absolute atomic E-state index is 0.0826. The Labute approximate surface area is 119 Å². The first-order valence-electron chi connectivity index (χ1n) is 6.40. The van der Waals surface area contributed by atoms with Gasteiger partial charge in [-0.15, -0.1) is 0 Å². The Bertz CT molecular complexity index is 450. The van der Waals surface area contributed by atoms with E-state index in [-0.39, 0.29) is 4.47 Å². The van der Waals surface area contributed by atoms with Gasteiger partial charge in [0.25, 0.3) is 0 Å². The molecule has 0 bridgehead atoms. The SMILES string of the molecule is CC(C)C1CC(Nc2ccc(Br)c(C(F)(F)F)c2)C1. The number of hydrogen-bond donors (Lipinski definition) is 1. The van der Waals surface area contributed by atoms with Crippen molar-refractivity contribution in [3.05, 3.63) is 28.2 Å². The van der Waals surface area contributed by atoms with Crippen molar-refractivity contribution >= 4 is 21.6 Å². The molecule has 0 heterocycles. The highest BCUT2D eigenvalue weighted by Gasteiger charge is 2.34. The van der Waals surface area contributed by atoms with Crippen molar-refractivity contribution in [3.8, 4) is 0 Å². The molecule has 106 valence electrons. The molecule has 0 atom stereocenters. The average Bonchev–Trinajstić information content (AvgIpc) is 2.22. The summed E-state index contributed by atoms with van der Waals surface area (Å²) in [7, 11) is 0. The molecule has 0 aromatic heterocycles. The first-order valence-corrected chi connectivity index (χ1v) is 7.20. The Morgan fingerprint density at radius 3 is 2.42 bits per heavy atom. The molecule has 1 aromatic carbocycles. The largest absolute Gasteiger partial charge is 0.417 e. The highest BCUT2D eigenvalue weighted by Crippen LogP contribution is 2.39. The molecule has 5 heteroatoms. The zero-order valence-corrected chi connectivity index (χ0v) is 12.5. The lowest BCUT2D eigenvalue weighted by Gasteiger charge is -2.39. The van der Waals surface area contributed by atoms with Crippen molar-refractivity contribution in [2.45, 2.75) is 38.9 Å². The van der Waals surface area contributed by atoms with E-state index in [1.165, 1.54) is 12.1 Å². The Balaban J connectivity index is 2.03. The standard InChI is InChI=1S/C14H17BrF3N/c1-8(2)9-5-11(6-9)19-10-3-4-13(15)12(7-10)14(16,17)18/h3-4,7-9,11,19H,5-6H2,1-2H3. The van der Waals surface area contributed by atoms with Gasteiger partial charge in [-0.25, -0.2) is 0 Å². The summed E-state index contributed by atoms with van der Waals surface area (Å²) in [4.78, 5) is 0. The van der Waals surface area contributed by atoms with Crippen LogP contribution in [0.2, 0.25) is 0 Å². The number of nitrogens with one attached hydrogen (secondary N) is 1. The van der Waals surface area contributed by atoms with E-state index >= 15 is 0 Å². The molecule has 0 radical (unpaired) electrons. The second kappa shape index (κ2) is 5.35. The molecular formula is C14H17BrF3N. The lowest BCUT2D eigenvalue weighted by atomic mass is 9.73. The topological polar surface area (TPSA) is 12.0 Å². The van der Waals surface area contributed by atoms with Crippen molar-refractivity contribution in [2.24, 2.45) is 11.8 Å². The van der Waals surface area contributed by atoms with Crippen LogP contribution >= 0.6 is 15.9 Å². The molecule has 0 spiro atoms. The fourth-order valence-electron chi connectivity index (χ4n) is 2.39. The molecule has 1 N–H and O–H groups in total. The van der Waals surface area contributed by atoms with Crippen molar-refractivity contribution in [1.82, 2.24) is 0 Å². The summed E-state index contributed by atoms with van der Waals surface area (Å²) in [5.74, 6) is 1.34. The van der Waals surface area contributed by atoms with Crippen LogP contribution in [0, 0.1) is 11.8 Å². The van der Waals surface area contributed by atoms with E-state index in [9.17, 15) is 13.2 Å². The van der Waals surface area contributed by atoms with E-state index in [1.54, 1.807) is 6.07 Å². The first-order chi connectivity index (χ1) is 8.77. The van der Waals surface area contributed by atoms with Gasteiger partial charge in [0.1, 0.15) is 0 Å². The van der Waals surface area contributed by atoms with E-state index in [0.717, 1.165) is 12.8 Å². The summed E-state index contributed by atoms with van der Waals surface area (Å²) >= 11 is 2.94. The van der Waals surface area contributed by atoms with Gasteiger partial charge >= 0.3 is 6.18 Å². The quantitative estimate of drug-likeness (QED) is 0.788. The Morgan fingerprint density at radius 2 is 1.89 bits per heavy atom. The van der Waals surface area contributed by atoms with Gasteiger partial charge in [-0.3, -0.25) is 0 Å². The van der Waals surface area contributed by atoms with Crippen molar-refractivity contribution in [3.63, 3.8) is 0 Å². The van der Waals surface area contributed by atoms with Crippen LogP contribution in [0.3, 0.4) is 0 Å². The van der Waals surface area contributed by atoms with Gasteiger partial charge in [0.2, 0.25) is 0 Å². The second-order valence-corrected chi connectivity index (χ2v) is 6.36. The first kappa shape index (κ1) is 14.7. The summed E-state index contributed by atoms with van der Waals surface area (Å²) in [6.07, 6.45) is -2.25. The fraction of sp³-hybridized carbons (Fsp3) is 0.571. The van der Waals surface area contributed by atoms with Gasteiger partial charge in [0.05, 0.1) is 5.56 Å². The fourth-order valence-corrected chi connectivity index (χ4v) is 2.86. The smallest absolute Gasteiger partial charge is 0.382 e. The van der Waals surface area contributed by atoms with Crippen LogP contribution in [0.15, 0.2) is 22.7 Å². The van der Waals surface area contributed by atoms with Gasteiger partial charge in [-0.2, -0.15) is 13.2 Å². The number of alkyl halides is 3. The van der Waals surface area contributed by atoms with Crippen LogP contribution in [-0.2, 0) is 6.18 Å². The molecule has 0 amide bonds. The highest BCUT2D eigenvalue weighted by atomic mass is 79.9. The summed E-state index contributed by atoms with van der Waals surface area (Å²) in [5, 5.41) is 3.18. The van der Waals surface area contributed by atoms with Crippen molar-refractivity contribution in [2.75, 3.05) is 5.32 Å². The van der Waals surface area contributed by atoms with Gasteiger partial charge in [0.15, 0.2) is 0 Å². The third kappa shape index (κ3) is 3.44. The predicted octanol–water partition coefficient (Wildman–Crippen LogP) is 5.31. The molecule has 1 fully saturated rings. The molecule has 0 aliphatic heterocycles. The molecule has 0 saturated heterocycles. The molecule has 2 rings (SSSR count). The van der Waals surface area contributed by atoms with Crippen LogP contribution in [0.1, 0.15) is 32.3 Å². The van der Waals surface area contributed by atoms with Crippen LogP contribution in [0.4, 0.5) is 18.9 Å². The van der Waals surface area contributed by atoms with Gasteiger partial charge in [-0.1, -0.05) is 29.8 Å². The van der Waals surface area contributed by atoms with Crippen LogP contribution < -0.4 is 5.32 Å². The normalized spacial score (nSPS) is 23.3. The maximum absolute atomic E-state index is 12.8. The lowest BCUT2D eigenvalue weighted by molar-refractivity contribution is -0.138. The Morgan fingerprint density at radius 1 is 1.26 bits per heavy atom. The van der Waals surface area contributed by atoms with E-state index in [0.29, 0.717) is 23.6 Å². The zero-order chi connectivity index (χ0) is 14.2. The predicted molar refractivity (Wildman–Crippen MR) is 74.1 cm³/mol. The number of hydrogen-bond acceptors (Lipinski definition) is 1. The van der Waals surface area contributed by atoms with Crippen molar-refractivity contribution < 1.29 is 13.2 Å². The van der Waals surface area contributed by atoms with Gasteiger partial charge in [0, 0.05) is 16.2 Å². The van der Waals surface area contributed by atoms with Crippen LogP contribution in [-0.4, -0.2) is 6.04 Å². The Hall–Kier alpha value is -0.710. The maximum Gasteiger partial charge on any atom is 0.417 e. The highest BCUT2D eigenvalue weighted by molar-refractivity contribution is 9.10. The van der Waals surface area contributed by atoms with E-state index in [4.69, 9.17) is 0 Å². The van der Waals surface area contributed by atoms with Gasteiger partial charge in [-0.05, 0) is 42.9 Å². The summed E-state index contributed by atoms with van der Waals surface area (Å²) in [6.45, 7) is 4.37.